The van der Waals surface area contributed by atoms with Crippen LogP contribution in [0.15, 0.2) is 23.3 Å². The van der Waals surface area contributed by atoms with Crippen molar-refractivity contribution >= 4 is 5.97 Å². The summed E-state index contributed by atoms with van der Waals surface area (Å²) in [7, 11) is 1.41. The third-order valence-electron chi connectivity index (χ3n) is 5.08. The minimum absolute atomic E-state index is 0.0752. The van der Waals surface area contributed by atoms with Crippen LogP contribution in [0.4, 0.5) is 0 Å². The van der Waals surface area contributed by atoms with Crippen LogP contribution < -0.4 is 0 Å². The highest BCUT2D eigenvalue weighted by atomic mass is 16.7. The van der Waals surface area contributed by atoms with Crippen molar-refractivity contribution in [1.82, 2.24) is 0 Å². The molecule has 0 N–H and O–H groups in total. The molecule has 1 heterocycles. The number of hydrogen-bond donors (Lipinski definition) is 0. The first kappa shape index (κ1) is 17.2. The van der Waals surface area contributed by atoms with Crippen molar-refractivity contribution in [3.05, 3.63) is 23.3 Å². The van der Waals surface area contributed by atoms with Gasteiger partial charge in [0.05, 0.1) is 20.3 Å². The number of carbonyl (C=O) groups is 1. The van der Waals surface area contributed by atoms with E-state index in [0.717, 1.165) is 32.1 Å². The van der Waals surface area contributed by atoms with Gasteiger partial charge in [0.1, 0.15) is 0 Å². The standard InChI is InChI=1S/C18H28O4/c1-14-7-10-17(3,9-5-6-15(2)16(19)20-4)18(11-8-14)21-12-13-22-18/h6-7H,5,8-13H2,1-4H3/b15-6+. The number of rotatable bonds is 4. The van der Waals surface area contributed by atoms with Gasteiger partial charge < -0.3 is 14.2 Å². The van der Waals surface area contributed by atoms with E-state index < -0.39 is 5.79 Å². The van der Waals surface area contributed by atoms with Crippen molar-refractivity contribution in [3.8, 4) is 0 Å². The van der Waals surface area contributed by atoms with Gasteiger partial charge in [-0.2, -0.15) is 0 Å². The van der Waals surface area contributed by atoms with Gasteiger partial charge in [-0.15, -0.1) is 0 Å². The van der Waals surface area contributed by atoms with Gasteiger partial charge in [0.25, 0.3) is 0 Å². The maximum atomic E-state index is 11.5. The Morgan fingerprint density at radius 2 is 2.09 bits per heavy atom. The van der Waals surface area contributed by atoms with E-state index in [-0.39, 0.29) is 11.4 Å². The molecular formula is C18H28O4. The van der Waals surface area contributed by atoms with E-state index in [0.29, 0.717) is 18.8 Å². The molecule has 0 aromatic carbocycles. The third-order valence-corrected chi connectivity index (χ3v) is 5.08. The molecule has 4 nitrogen and oxygen atoms in total. The molecule has 0 aromatic heterocycles. The highest BCUT2D eigenvalue weighted by molar-refractivity contribution is 5.87. The highest BCUT2D eigenvalue weighted by Gasteiger charge is 2.52. The molecule has 1 aliphatic heterocycles. The molecule has 0 aromatic rings. The summed E-state index contributed by atoms with van der Waals surface area (Å²) in [5, 5.41) is 0. The molecule has 1 fully saturated rings. The zero-order valence-corrected chi connectivity index (χ0v) is 14.2. The van der Waals surface area contributed by atoms with Crippen LogP contribution in [0.5, 0.6) is 0 Å². The Morgan fingerprint density at radius 3 is 2.73 bits per heavy atom. The van der Waals surface area contributed by atoms with E-state index in [2.05, 4.69) is 19.9 Å². The first-order chi connectivity index (χ1) is 10.4. The van der Waals surface area contributed by atoms with Gasteiger partial charge in [-0.25, -0.2) is 4.79 Å². The molecule has 1 unspecified atom stereocenters. The molecule has 0 radical (unpaired) electrons. The molecule has 1 spiro atoms. The number of allylic oxidation sites excluding steroid dienone is 3. The molecular weight excluding hydrogens is 280 g/mol. The summed E-state index contributed by atoms with van der Waals surface area (Å²) in [4.78, 5) is 11.5. The quantitative estimate of drug-likeness (QED) is 0.450. The van der Waals surface area contributed by atoms with Crippen LogP contribution in [0.1, 0.15) is 52.9 Å². The Labute approximate surface area is 133 Å². The Bertz CT molecular complexity index is 471. The molecule has 0 amide bonds. The summed E-state index contributed by atoms with van der Waals surface area (Å²) in [5.74, 6) is -0.737. The first-order valence-electron chi connectivity index (χ1n) is 8.11. The molecule has 22 heavy (non-hydrogen) atoms. The van der Waals surface area contributed by atoms with Gasteiger partial charge in [-0.05, 0) is 39.5 Å². The Hall–Kier alpha value is -1.13. The van der Waals surface area contributed by atoms with Crippen LogP contribution in [-0.2, 0) is 19.0 Å². The van der Waals surface area contributed by atoms with Gasteiger partial charge in [0.2, 0.25) is 0 Å². The zero-order chi connectivity index (χ0) is 16.2. The van der Waals surface area contributed by atoms with Crippen molar-refractivity contribution in [1.29, 1.82) is 0 Å². The number of ether oxygens (including phenoxy) is 3. The van der Waals surface area contributed by atoms with Crippen LogP contribution in [0.2, 0.25) is 0 Å². The van der Waals surface area contributed by atoms with Crippen molar-refractivity contribution in [2.75, 3.05) is 20.3 Å². The van der Waals surface area contributed by atoms with Gasteiger partial charge in [-0.3, -0.25) is 0 Å². The summed E-state index contributed by atoms with van der Waals surface area (Å²) < 4.78 is 16.9. The summed E-state index contributed by atoms with van der Waals surface area (Å²) >= 11 is 0. The molecule has 0 saturated carbocycles. The van der Waals surface area contributed by atoms with Crippen molar-refractivity contribution in [3.63, 3.8) is 0 Å². The van der Waals surface area contributed by atoms with Crippen molar-refractivity contribution in [2.24, 2.45) is 5.41 Å². The van der Waals surface area contributed by atoms with E-state index in [1.165, 1.54) is 12.7 Å². The van der Waals surface area contributed by atoms with E-state index >= 15 is 0 Å². The number of esters is 1. The predicted octanol–water partition coefficient (Wildman–Crippen LogP) is 3.77. The topological polar surface area (TPSA) is 44.8 Å². The lowest BCUT2D eigenvalue weighted by atomic mass is 9.73. The lowest BCUT2D eigenvalue weighted by Gasteiger charge is -2.43. The third kappa shape index (κ3) is 3.44. The second-order valence-electron chi connectivity index (χ2n) is 6.68. The molecule has 2 aliphatic rings. The molecule has 4 heteroatoms. The monoisotopic (exact) mass is 308 g/mol. The first-order valence-corrected chi connectivity index (χ1v) is 8.11. The Morgan fingerprint density at radius 1 is 1.41 bits per heavy atom. The second-order valence-corrected chi connectivity index (χ2v) is 6.68. The number of methoxy groups -OCH3 is 1. The molecule has 124 valence electrons. The fraction of sp³-hybridized carbons (Fsp3) is 0.722. The summed E-state index contributed by atoms with van der Waals surface area (Å²) in [5.41, 5.74) is 1.99. The van der Waals surface area contributed by atoms with Crippen molar-refractivity contribution in [2.45, 2.75) is 58.7 Å². The van der Waals surface area contributed by atoms with E-state index in [4.69, 9.17) is 14.2 Å². The smallest absolute Gasteiger partial charge is 0.333 e. The minimum atomic E-state index is -0.478. The average Bonchev–Trinajstić information content (AvgIpc) is 2.96. The predicted molar refractivity (Wildman–Crippen MR) is 85.4 cm³/mol. The fourth-order valence-corrected chi connectivity index (χ4v) is 3.41. The molecule has 1 atom stereocenters. The van der Waals surface area contributed by atoms with Crippen LogP contribution in [0, 0.1) is 5.41 Å². The van der Waals surface area contributed by atoms with Gasteiger partial charge in [0.15, 0.2) is 5.79 Å². The highest BCUT2D eigenvalue weighted by Crippen LogP contribution is 2.50. The number of carbonyl (C=O) groups excluding carboxylic acids is 1. The van der Waals surface area contributed by atoms with Gasteiger partial charge in [0, 0.05) is 17.4 Å². The van der Waals surface area contributed by atoms with Crippen LogP contribution in [0.25, 0.3) is 0 Å². The normalized spacial score (nSPS) is 28.4. The fourth-order valence-electron chi connectivity index (χ4n) is 3.41. The Kier molecular flexibility index (Phi) is 5.45. The summed E-state index contributed by atoms with van der Waals surface area (Å²) in [6, 6.07) is 0. The maximum Gasteiger partial charge on any atom is 0.333 e. The van der Waals surface area contributed by atoms with Crippen LogP contribution >= 0.6 is 0 Å². The number of hydrogen-bond acceptors (Lipinski definition) is 4. The van der Waals surface area contributed by atoms with Crippen LogP contribution in [0.3, 0.4) is 0 Å². The lowest BCUT2D eigenvalue weighted by Crippen LogP contribution is -2.47. The second kappa shape index (κ2) is 6.97. The average molecular weight is 308 g/mol. The van der Waals surface area contributed by atoms with Crippen molar-refractivity contribution < 1.29 is 19.0 Å². The van der Waals surface area contributed by atoms with Crippen LogP contribution in [-0.4, -0.2) is 32.1 Å². The zero-order valence-electron chi connectivity index (χ0n) is 14.2. The molecule has 2 rings (SSSR count). The lowest BCUT2D eigenvalue weighted by molar-refractivity contribution is -0.236. The summed E-state index contributed by atoms with van der Waals surface area (Å²) in [6.07, 6.45) is 8.89. The maximum absolute atomic E-state index is 11.5. The van der Waals surface area contributed by atoms with E-state index in [9.17, 15) is 4.79 Å². The SMILES string of the molecule is COC(=O)/C(C)=C/CCC1(C)CC=C(C)CCC12OCCO2. The van der Waals surface area contributed by atoms with Gasteiger partial charge >= 0.3 is 5.97 Å². The molecule has 1 saturated heterocycles. The van der Waals surface area contributed by atoms with E-state index in [1.807, 2.05) is 6.08 Å². The largest absolute Gasteiger partial charge is 0.466 e. The Balaban J connectivity index is 2.11. The van der Waals surface area contributed by atoms with E-state index in [1.54, 1.807) is 6.92 Å². The van der Waals surface area contributed by atoms with Gasteiger partial charge in [-0.1, -0.05) is 24.6 Å². The molecule has 0 bridgehead atoms. The minimum Gasteiger partial charge on any atom is -0.466 e. The molecule has 1 aliphatic carbocycles. The summed E-state index contributed by atoms with van der Waals surface area (Å²) in [6.45, 7) is 7.56.